The second kappa shape index (κ2) is 8.01. The zero-order valence-corrected chi connectivity index (χ0v) is 8.58. The van der Waals surface area contributed by atoms with Gasteiger partial charge in [-0.1, -0.05) is 6.42 Å². The zero-order chi connectivity index (χ0) is 10.1. The van der Waals surface area contributed by atoms with Crippen LogP contribution >= 0.6 is 0 Å². The highest BCUT2D eigenvalue weighted by molar-refractivity contribution is 5.71. The molecule has 4 heteroatoms. The van der Waals surface area contributed by atoms with Crippen molar-refractivity contribution < 1.29 is 9.53 Å². The van der Waals surface area contributed by atoms with Crippen molar-refractivity contribution in [2.45, 2.75) is 19.3 Å². The Morgan fingerprint density at radius 2 is 2.08 bits per heavy atom. The van der Waals surface area contributed by atoms with Crippen molar-refractivity contribution in [1.29, 1.82) is 0 Å². The van der Waals surface area contributed by atoms with Crippen LogP contribution in [0, 0.1) is 0 Å². The molecule has 0 saturated carbocycles. The quantitative estimate of drug-likeness (QED) is 0.458. The molecule has 0 aromatic rings. The molecule has 0 radical (unpaired) electrons. The number of nitrogens with zero attached hydrogens (tertiary/aromatic N) is 1. The maximum atomic E-state index is 10.8. The third kappa shape index (κ3) is 7.74. The van der Waals surface area contributed by atoms with Crippen molar-refractivity contribution in [1.82, 2.24) is 4.90 Å². The average molecular weight is 188 g/mol. The highest BCUT2D eigenvalue weighted by atomic mass is 16.5. The van der Waals surface area contributed by atoms with Gasteiger partial charge in [-0.25, -0.2) is 0 Å². The van der Waals surface area contributed by atoms with E-state index in [0.717, 1.165) is 32.4 Å². The molecule has 0 heterocycles. The lowest BCUT2D eigenvalue weighted by molar-refractivity contribution is -0.141. The number of unbranched alkanes of at least 4 members (excludes halogenated alkanes) is 2. The van der Waals surface area contributed by atoms with Gasteiger partial charge in [-0.05, 0) is 33.0 Å². The Balaban J connectivity index is 3.29. The third-order valence-electron chi connectivity index (χ3n) is 1.87. The van der Waals surface area contributed by atoms with E-state index < -0.39 is 0 Å². The summed E-state index contributed by atoms with van der Waals surface area (Å²) in [6.07, 6.45) is 3.28. The summed E-state index contributed by atoms with van der Waals surface area (Å²) in [6, 6.07) is 0. The Kier molecular flexibility index (Phi) is 7.63. The Bertz CT molecular complexity index is 140. The molecule has 0 bridgehead atoms. The van der Waals surface area contributed by atoms with Gasteiger partial charge in [0.05, 0.1) is 13.7 Å². The molecule has 0 rings (SSSR count). The molecule has 0 unspecified atom stereocenters. The molecule has 0 aliphatic carbocycles. The maximum absolute atomic E-state index is 10.8. The molecular formula is C9H20N2O2. The first-order valence-electron chi connectivity index (χ1n) is 4.66. The SMILES string of the molecule is COC(=O)CN(C)CCCCCN. The first-order valence-corrected chi connectivity index (χ1v) is 4.66. The first kappa shape index (κ1) is 12.4. The van der Waals surface area contributed by atoms with Crippen molar-refractivity contribution in [2.75, 3.05) is 33.8 Å². The maximum Gasteiger partial charge on any atom is 0.319 e. The van der Waals surface area contributed by atoms with E-state index in [4.69, 9.17) is 5.73 Å². The van der Waals surface area contributed by atoms with Crippen molar-refractivity contribution in [3.63, 3.8) is 0 Å². The fraction of sp³-hybridized carbons (Fsp3) is 0.889. The number of nitrogens with two attached hydrogens (primary N) is 1. The summed E-state index contributed by atoms with van der Waals surface area (Å²) in [5, 5.41) is 0. The largest absolute Gasteiger partial charge is 0.468 e. The van der Waals surface area contributed by atoms with E-state index in [1.165, 1.54) is 7.11 Å². The minimum absolute atomic E-state index is 0.179. The number of hydrogen-bond donors (Lipinski definition) is 1. The number of esters is 1. The van der Waals surface area contributed by atoms with Gasteiger partial charge in [0.15, 0.2) is 0 Å². The Morgan fingerprint density at radius 3 is 2.62 bits per heavy atom. The number of hydrogen-bond acceptors (Lipinski definition) is 4. The van der Waals surface area contributed by atoms with Crippen LogP contribution in [-0.4, -0.2) is 44.7 Å². The van der Waals surface area contributed by atoms with E-state index in [1.54, 1.807) is 0 Å². The van der Waals surface area contributed by atoms with E-state index in [2.05, 4.69) is 4.74 Å². The summed E-state index contributed by atoms with van der Waals surface area (Å²) >= 11 is 0. The lowest BCUT2D eigenvalue weighted by Gasteiger charge is -2.14. The van der Waals surface area contributed by atoms with Gasteiger partial charge >= 0.3 is 5.97 Å². The minimum atomic E-state index is -0.179. The van der Waals surface area contributed by atoms with E-state index in [-0.39, 0.29) is 5.97 Å². The number of rotatable bonds is 7. The molecule has 0 amide bonds. The zero-order valence-electron chi connectivity index (χ0n) is 8.58. The van der Waals surface area contributed by atoms with Crippen molar-refractivity contribution in [2.24, 2.45) is 5.73 Å². The number of carbonyl (C=O) groups is 1. The van der Waals surface area contributed by atoms with Gasteiger partial charge in [0.1, 0.15) is 0 Å². The lowest BCUT2D eigenvalue weighted by Crippen LogP contribution is -2.27. The minimum Gasteiger partial charge on any atom is -0.468 e. The molecule has 78 valence electrons. The third-order valence-corrected chi connectivity index (χ3v) is 1.87. The summed E-state index contributed by atoms with van der Waals surface area (Å²) in [6.45, 7) is 2.05. The van der Waals surface area contributed by atoms with Gasteiger partial charge in [0, 0.05) is 0 Å². The molecular weight excluding hydrogens is 168 g/mol. The highest BCUT2D eigenvalue weighted by Gasteiger charge is 2.04. The molecule has 13 heavy (non-hydrogen) atoms. The molecule has 0 aromatic carbocycles. The molecule has 0 aliphatic heterocycles. The van der Waals surface area contributed by atoms with Crippen LogP contribution in [-0.2, 0) is 9.53 Å². The lowest BCUT2D eigenvalue weighted by atomic mass is 10.2. The second-order valence-electron chi connectivity index (χ2n) is 3.16. The molecule has 0 fully saturated rings. The summed E-state index contributed by atoms with van der Waals surface area (Å²) in [7, 11) is 3.32. The van der Waals surface area contributed by atoms with Gasteiger partial charge in [-0.2, -0.15) is 0 Å². The van der Waals surface area contributed by atoms with Crippen LogP contribution in [0.1, 0.15) is 19.3 Å². The predicted octanol–water partition coefficient (Wildman–Crippen LogP) is 0.220. The van der Waals surface area contributed by atoms with Crippen molar-refractivity contribution in [3.05, 3.63) is 0 Å². The Hall–Kier alpha value is -0.610. The van der Waals surface area contributed by atoms with Crippen LogP contribution in [0.4, 0.5) is 0 Å². The molecule has 2 N–H and O–H groups in total. The fourth-order valence-corrected chi connectivity index (χ4v) is 1.07. The molecule has 4 nitrogen and oxygen atoms in total. The average Bonchev–Trinajstić information content (AvgIpc) is 2.12. The smallest absolute Gasteiger partial charge is 0.319 e. The van der Waals surface area contributed by atoms with Gasteiger partial charge in [-0.3, -0.25) is 9.69 Å². The monoisotopic (exact) mass is 188 g/mol. The van der Waals surface area contributed by atoms with E-state index in [0.29, 0.717) is 6.54 Å². The van der Waals surface area contributed by atoms with Gasteiger partial charge < -0.3 is 10.5 Å². The van der Waals surface area contributed by atoms with Gasteiger partial charge in [0.25, 0.3) is 0 Å². The molecule has 0 saturated heterocycles. The summed E-state index contributed by atoms with van der Waals surface area (Å²) < 4.78 is 4.55. The topological polar surface area (TPSA) is 55.6 Å². The normalized spacial score (nSPS) is 10.5. The summed E-state index contributed by atoms with van der Waals surface area (Å²) in [4.78, 5) is 12.8. The van der Waals surface area contributed by atoms with Crippen LogP contribution in [0.25, 0.3) is 0 Å². The standard InChI is InChI=1S/C9H20N2O2/c1-11(8-9(12)13-2)7-5-3-4-6-10/h3-8,10H2,1-2H3. The number of carbonyl (C=O) groups excluding carboxylic acids is 1. The first-order chi connectivity index (χ1) is 6.20. The molecule has 0 spiro atoms. The van der Waals surface area contributed by atoms with Crippen LogP contribution in [0.15, 0.2) is 0 Å². The predicted molar refractivity (Wildman–Crippen MR) is 52.4 cm³/mol. The molecule has 0 atom stereocenters. The highest BCUT2D eigenvalue weighted by Crippen LogP contribution is 1.95. The van der Waals surface area contributed by atoms with Crippen molar-refractivity contribution in [3.8, 4) is 0 Å². The fourth-order valence-electron chi connectivity index (χ4n) is 1.07. The summed E-state index contributed by atoms with van der Waals surface area (Å²) in [5.41, 5.74) is 5.36. The van der Waals surface area contributed by atoms with E-state index in [1.807, 2.05) is 11.9 Å². The van der Waals surface area contributed by atoms with Gasteiger partial charge in [0.2, 0.25) is 0 Å². The van der Waals surface area contributed by atoms with Crippen molar-refractivity contribution >= 4 is 5.97 Å². The Morgan fingerprint density at radius 1 is 1.38 bits per heavy atom. The number of likely N-dealkylation sites (N-methyl/N-ethyl adjacent to an activating group) is 1. The molecule has 0 aliphatic rings. The van der Waals surface area contributed by atoms with Gasteiger partial charge in [-0.15, -0.1) is 0 Å². The van der Waals surface area contributed by atoms with Crippen LogP contribution in [0.5, 0.6) is 0 Å². The Labute approximate surface area is 80.0 Å². The van der Waals surface area contributed by atoms with Crippen LogP contribution in [0.3, 0.4) is 0 Å². The van der Waals surface area contributed by atoms with Crippen LogP contribution < -0.4 is 5.73 Å². The van der Waals surface area contributed by atoms with E-state index in [9.17, 15) is 4.79 Å². The second-order valence-corrected chi connectivity index (χ2v) is 3.16. The summed E-state index contributed by atoms with van der Waals surface area (Å²) in [5.74, 6) is -0.179. The molecule has 0 aromatic heterocycles. The van der Waals surface area contributed by atoms with Crippen LogP contribution in [0.2, 0.25) is 0 Å². The van der Waals surface area contributed by atoms with E-state index >= 15 is 0 Å². The number of ether oxygens (including phenoxy) is 1. The number of methoxy groups -OCH3 is 1.